The van der Waals surface area contributed by atoms with Crippen molar-refractivity contribution in [2.45, 2.75) is 12.8 Å². The molecule has 0 atom stereocenters. The summed E-state index contributed by atoms with van der Waals surface area (Å²) in [6.45, 7) is 2.73. The molecule has 0 aromatic heterocycles. The van der Waals surface area contributed by atoms with Gasteiger partial charge in [-0.1, -0.05) is 6.07 Å². The second kappa shape index (κ2) is 3.88. The van der Waals surface area contributed by atoms with Gasteiger partial charge >= 0.3 is 0 Å². The topological polar surface area (TPSA) is 55.3 Å². The molecule has 1 aromatic carbocycles. The van der Waals surface area contributed by atoms with Crippen LogP contribution in [0.3, 0.4) is 0 Å². The lowest BCUT2D eigenvalue weighted by atomic mass is 10.0. The van der Waals surface area contributed by atoms with Gasteiger partial charge in [0.1, 0.15) is 0 Å². The van der Waals surface area contributed by atoms with Crippen LogP contribution >= 0.6 is 0 Å². The molecule has 0 fully saturated rings. The molecule has 1 aliphatic heterocycles. The average Bonchev–Trinajstić information content (AvgIpc) is 2.19. The first-order valence-electron chi connectivity index (χ1n) is 5.14. The molecule has 0 spiro atoms. The van der Waals surface area contributed by atoms with Crippen LogP contribution in [0.15, 0.2) is 18.2 Å². The maximum absolute atomic E-state index is 5.78. The van der Waals surface area contributed by atoms with Gasteiger partial charge in [-0.3, -0.25) is 0 Å². The highest BCUT2D eigenvalue weighted by molar-refractivity contribution is 5.62. The van der Waals surface area contributed by atoms with Gasteiger partial charge in [0.15, 0.2) is 0 Å². The minimum Gasteiger partial charge on any atom is -0.399 e. The predicted molar refractivity (Wildman–Crippen MR) is 60.4 cm³/mol. The van der Waals surface area contributed by atoms with Crippen molar-refractivity contribution in [3.05, 3.63) is 23.8 Å². The Kier molecular flexibility index (Phi) is 2.59. The predicted octanol–water partition coefficient (Wildman–Crippen LogP) is 0.980. The van der Waals surface area contributed by atoms with Gasteiger partial charge in [0, 0.05) is 31.0 Å². The smallest absolute Gasteiger partial charge is 0.0419 e. The summed E-state index contributed by atoms with van der Waals surface area (Å²) in [6.07, 6.45) is 2.38. The minimum absolute atomic E-state index is 0.703. The molecule has 4 N–H and O–H groups in total. The van der Waals surface area contributed by atoms with Crippen LogP contribution in [-0.4, -0.2) is 19.6 Å². The number of hydrogen-bond acceptors (Lipinski definition) is 3. The lowest BCUT2D eigenvalue weighted by molar-refractivity contribution is 0.692. The lowest BCUT2D eigenvalue weighted by Crippen LogP contribution is -2.33. The van der Waals surface area contributed by atoms with E-state index in [1.165, 1.54) is 17.7 Å². The fourth-order valence-corrected chi connectivity index (χ4v) is 2.06. The summed E-state index contributed by atoms with van der Waals surface area (Å²) in [5.41, 5.74) is 14.9. The van der Waals surface area contributed by atoms with E-state index in [9.17, 15) is 0 Å². The molecule has 2 rings (SSSR count). The Labute approximate surface area is 84.7 Å². The standard InChI is InChI=1S/C11H17N3/c12-5-7-14-6-1-2-9-3-4-10(13)8-11(9)14/h3-4,8H,1-2,5-7,12-13H2. The average molecular weight is 191 g/mol. The molecule has 0 unspecified atom stereocenters. The molecule has 0 aliphatic carbocycles. The summed E-state index contributed by atoms with van der Waals surface area (Å²) in [4.78, 5) is 2.33. The number of aryl methyl sites for hydroxylation is 1. The molecule has 0 radical (unpaired) electrons. The number of nitrogen functional groups attached to an aromatic ring is 1. The van der Waals surface area contributed by atoms with Gasteiger partial charge in [-0.2, -0.15) is 0 Å². The molecule has 0 bridgehead atoms. The molecule has 3 heteroatoms. The van der Waals surface area contributed by atoms with E-state index in [-0.39, 0.29) is 0 Å². The number of benzene rings is 1. The van der Waals surface area contributed by atoms with Crippen LogP contribution in [0, 0.1) is 0 Å². The Morgan fingerprint density at radius 2 is 2.21 bits per heavy atom. The van der Waals surface area contributed by atoms with E-state index in [0.717, 1.165) is 25.2 Å². The number of hydrogen-bond donors (Lipinski definition) is 2. The second-order valence-electron chi connectivity index (χ2n) is 3.77. The van der Waals surface area contributed by atoms with E-state index >= 15 is 0 Å². The largest absolute Gasteiger partial charge is 0.399 e. The van der Waals surface area contributed by atoms with E-state index in [4.69, 9.17) is 11.5 Å². The Morgan fingerprint density at radius 1 is 1.36 bits per heavy atom. The van der Waals surface area contributed by atoms with Gasteiger partial charge < -0.3 is 16.4 Å². The van der Waals surface area contributed by atoms with Gasteiger partial charge in [0.2, 0.25) is 0 Å². The molecule has 0 saturated heterocycles. The van der Waals surface area contributed by atoms with Crippen molar-refractivity contribution in [1.82, 2.24) is 0 Å². The monoisotopic (exact) mass is 191 g/mol. The minimum atomic E-state index is 0.703. The van der Waals surface area contributed by atoms with E-state index in [0.29, 0.717) is 6.54 Å². The zero-order valence-electron chi connectivity index (χ0n) is 8.37. The Hall–Kier alpha value is -1.22. The van der Waals surface area contributed by atoms with Gasteiger partial charge in [0.05, 0.1) is 0 Å². The Morgan fingerprint density at radius 3 is 3.00 bits per heavy atom. The summed E-state index contributed by atoms with van der Waals surface area (Å²) in [6, 6.07) is 6.17. The van der Waals surface area contributed by atoms with Crippen molar-refractivity contribution >= 4 is 11.4 Å². The van der Waals surface area contributed by atoms with E-state index in [1.54, 1.807) is 0 Å². The van der Waals surface area contributed by atoms with Gasteiger partial charge in [0.25, 0.3) is 0 Å². The zero-order valence-corrected chi connectivity index (χ0v) is 8.37. The first-order valence-corrected chi connectivity index (χ1v) is 5.14. The molecule has 0 saturated carbocycles. The highest BCUT2D eigenvalue weighted by atomic mass is 15.1. The van der Waals surface area contributed by atoms with Crippen LogP contribution in [0.2, 0.25) is 0 Å². The molecular formula is C11H17N3. The summed E-state index contributed by atoms with van der Waals surface area (Å²) in [5.74, 6) is 0. The summed E-state index contributed by atoms with van der Waals surface area (Å²) in [7, 11) is 0. The first-order chi connectivity index (χ1) is 6.81. The van der Waals surface area contributed by atoms with Crippen LogP contribution in [-0.2, 0) is 6.42 Å². The molecule has 1 aromatic rings. The third-order valence-corrected chi connectivity index (χ3v) is 2.72. The van der Waals surface area contributed by atoms with Crippen molar-refractivity contribution < 1.29 is 0 Å². The number of nitrogens with zero attached hydrogens (tertiary/aromatic N) is 1. The molecule has 1 heterocycles. The summed E-state index contributed by atoms with van der Waals surface area (Å²) in [5, 5.41) is 0. The third-order valence-electron chi connectivity index (χ3n) is 2.72. The Bertz CT molecular complexity index is 322. The van der Waals surface area contributed by atoms with E-state index < -0.39 is 0 Å². The number of nitrogens with two attached hydrogens (primary N) is 2. The highest BCUT2D eigenvalue weighted by Gasteiger charge is 2.15. The SMILES string of the molecule is NCCN1CCCc2ccc(N)cc21. The van der Waals surface area contributed by atoms with Crippen molar-refractivity contribution in [2.24, 2.45) is 5.73 Å². The van der Waals surface area contributed by atoms with Crippen LogP contribution in [0.4, 0.5) is 11.4 Å². The van der Waals surface area contributed by atoms with E-state index in [1.807, 2.05) is 6.07 Å². The number of rotatable bonds is 2. The zero-order chi connectivity index (χ0) is 9.97. The van der Waals surface area contributed by atoms with Crippen molar-refractivity contribution in [3.8, 4) is 0 Å². The maximum atomic E-state index is 5.78. The van der Waals surface area contributed by atoms with E-state index in [2.05, 4.69) is 17.0 Å². The highest BCUT2D eigenvalue weighted by Crippen LogP contribution is 2.28. The van der Waals surface area contributed by atoms with Crippen LogP contribution in [0.5, 0.6) is 0 Å². The normalized spacial score (nSPS) is 15.4. The molecule has 3 nitrogen and oxygen atoms in total. The van der Waals surface area contributed by atoms with Crippen LogP contribution in [0.1, 0.15) is 12.0 Å². The quantitative estimate of drug-likeness (QED) is 0.685. The molecule has 1 aliphatic rings. The van der Waals surface area contributed by atoms with Crippen LogP contribution in [0.25, 0.3) is 0 Å². The summed E-state index contributed by atoms with van der Waals surface area (Å²) < 4.78 is 0. The number of fused-ring (bicyclic) bond motifs is 1. The number of anilines is 2. The second-order valence-corrected chi connectivity index (χ2v) is 3.77. The van der Waals surface area contributed by atoms with Gasteiger partial charge in [-0.05, 0) is 30.5 Å². The van der Waals surface area contributed by atoms with Crippen molar-refractivity contribution in [3.63, 3.8) is 0 Å². The molecular weight excluding hydrogens is 174 g/mol. The van der Waals surface area contributed by atoms with Crippen LogP contribution < -0.4 is 16.4 Å². The first kappa shape index (κ1) is 9.34. The fourth-order valence-electron chi connectivity index (χ4n) is 2.06. The lowest BCUT2D eigenvalue weighted by Gasteiger charge is -2.31. The molecule has 0 amide bonds. The third kappa shape index (κ3) is 1.68. The van der Waals surface area contributed by atoms with Crippen molar-refractivity contribution in [2.75, 3.05) is 30.3 Å². The van der Waals surface area contributed by atoms with Crippen molar-refractivity contribution in [1.29, 1.82) is 0 Å². The van der Waals surface area contributed by atoms with Gasteiger partial charge in [-0.25, -0.2) is 0 Å². The Balaban J connectivity index is 2.32. The summed E-state index contributed by atoms with van der Waals surface area (Å²) >= 11 is 0. The maximum Gasteiger partial charge on any atom is 0.0419 e. The van der Waals surface area contributed by atoms with Gasteiger partial charge in [-0.15, -0.1) is 0 Å². The molecule has 14 heavy (non-hydrogen) atoms. The molecule has 76 valence electrons. The fraction of sp³-hybridized carbons (Fsp3) is 0.455.